The molecule has 5 heteroatoms. The first kappa shape index (κ1) is 7.97. The van der Waals surface area contributed by atoms with Crippen LogP contribution in [0.25, 0.3) is 0 Å². The molecule has 0 spiro atoms. The Bertz CT molecular complexity index is 264. The van der Waals surface area contributed by atoms with Gasteiger partial charge in [-0.25, -0.2) is 8.78 Å². The molecular weight excluding hydrogens is 164 g/mol. The molecular formula is C6H2F4O. The van der Waals surface area contributed by atoms with E-state index in [0.29, 0.717) is 12.2 Å². The highest BCUT2D eigenvalue weighted by atomic mass is 19.3. The van der Waals surface area contributed by atoms with Gasteiger partial charge in [-0.1, -0.05) is 0 Å². The van der Waals surface area contributed by atoms with Gasteiger partial charge >= 0.3 is 5.92 Å². The first-order valence-electron chi connectivity index (χ1n) is 2.62. The molecule has 0 saturated heterocycles. The van der Waals surface area contributed by atoms with Crippen LogP contribution in [0, 0.1) is 0 Å². The van der Waals surface area contributed by atoms with Crippen LogP contribution in [0.2, 0.25) is 0 Å². The van der Waals surface area contributed by atoms with E-state index in [0.717, 1.165) is 0 Å². The zero-order chi connectivity index (χ0) is 8.65. The minimum atomic E-state index is -4.32. The second-order valence-electron chi connectivity index (χ2n) is 1.93. The fourth-order valence-corrected chi connectivity index (χ4v) is 0.585. The lowest BCUT2D eigenvalue weighted by atomic mass is 10.1. The SMILES string of the molecule is O=C1C=CC(F)=C(F)C1(F)F. The van der Waals surface area contributed by atoms with Gasteiger partial charge in [0.2, 0.25) is 11.6 Å². The lowest BCUT2D eigenvalue weighted by Crippen LogP contribution is -2.30. The van der Waals surface area contributed by atoms with Crippen molar-refractivity contribution in [1.82, 2.24) is 0 Å². The van der Waals surface area contributed by atoms with Crippen LogP contribution in [-0.2, 0) is 4.79 Å². The molecule has 0 aromatic heterocycles. The summed E-state index contributed by atoms with van der Waals surface area (Å²) in [6.07, 6.45) is 0.674. The Hall–Kier alpha value is -1.13. The summed E-state index contributed by atoms with van der Waals surface area (Å²) < 4.78 is 48.5. The molecule has 0 atom stereocenters. The first-order chi connectivity index (χ1) is 4.96. The average Bonchev–Trinajstić information content (AvgIpc) is 1.95. The monoisotopic (exact) mass is 166 g/mol. The van der Waals surface area contributed by atoms with E-state index in [-0.39, 0.29) is 0 Å². The summed E-state index contributed by atoms with van der Waals surface area (Å²) in [5.74, 6) is -10.1. The van der Waals surface area contributed by atoms with Crippen molar-refractivity contribution in [3.05, 3.63) is 23.8 Å². The minimum absolute atomic E-state index is 0.304. The van der Waals surface area contributed by atoms with E-state index in [1.165, 1.54) is 0 Å². The summed E-state index contributed by atoms with van der Waals surface area (Å²) in [7, 11) is 0. The van der Waals surface area contributed by atoms with Crippen LogP contribution in [0.15, 0.2) is 23.8 Å². The molecule has 0 N–H and O–H groups in total. The molecule has 0 fully saturated rings. The standard InChI is InChI=1S/C6H2F4O/c7-3-1-2-4(11)6(9,10)5(3)8/h1-2H. The van der Waals surface area contributed by atoms with Crippen molar-refractivity contribution in [1.29, 1.82) is 0 Å². The predicted octanol–water partition coefficient (Wildman–Crippen LogP) is 1.91. The normalized spacial score (nSPS) is 22.7. The van der Waals surface area contributed by atoms with Gasteiger partial charge in [-0.15, -0.1) is 0 Å². The maximum atomic E-state index is 12.2. The van der Waals surface area contributed by atoms with Gasteiger partial charge in [0.15, 0.2) is 5.83 Å². The number of alkyl halides is 2. The number of carbonyl (C=O) groups is 1. The second kappa shape index (κ2) is 2.18. The van der Waals surface area contributed by atoms with Crippen LogP contribution in [0.3, 0.4) is 0 Å². The van der Waals surface area contributed by atoms with Gasteiger partial charge in [0.05, 0.1) is 0 Å². The van der Waals surface area contributed by atoms with E-state index in [4.69, 9.17) is 0 Å². The molecule has 1 aliphatic rings. The molecule has 0 saturated carbocycles. The van der Waals surface area contributed by atoms with Crippen LogP contribution in [0.4, 0.5) is 17.6 Å². The van der Waals surface area contributed by atoms with Gasteiger partial charge in [0, 0.05) is 0 Å². The van der Waals surface area contributed by atoms with E-state index < -0.39 is 23.4 Å². The Morgan fingerprint density at radius 2 is 1.73 bits per heavy atom. The molecule has 11 heavy (non-hydrogen) atoms. The first-order valence-corrected chi connectivity index (χ1v) is 2.62. The van der Waals surface area contributed by atoms with Crippen molar-refractivity contribution in [2.24, 2.45) is 0 Å². The van der Waals surface area contributed by atoms with E-state index in [1.54, 1.807) is 0 Å². The van der Waals surface area contributed by atoms with E-state index in [1.807, 2.05) is 0 Å². The summed E-state index contributed by atoms with van der Waals surface area (Å²) >= 11 is 0. The molecule has 0 aliphatic heterocycles. The summed E-state index contributed by atoms with van der Waals surface area (Å²) in [6, 6.07) is 0. The Kier molecular flexibility index (Phi) is 1.58. The largest absolute Gasteiger partial charge is 0.362 e. The topological polar surface area (TPSA) is 17.1 Å². The molecule has 0 heterocycles. The second-order valence-corrected chi connectivity index (χ2v) is 1.93. The third-order valence-corrected chi connectivity index (χ3v) is 1.18. The van der Waals surface area contributed by atoms with Crippen molar-refractivity contribution in [2.75, 3.05) is 0 Å². The van der Waals surface area contributed by atoms with E-state index in [9.17, 15) is 22.4 Å². The van der Waals surface area contributed by atoms with Gasteiger partial charge in [-0.3, -0.25) is 4.79 Å². The molecule has 1 nitrogen and oxygen atoms in total. The molecule has 0 unspecified atom stereocenters. The Labute approximate surface area is 59.0 Å². The number of halogens is 4. The number of carbonyl (C=O) groups excluding carboxylic acids is 1. The molecule has 1 rings (SSSR count). The third kappa shape index (κ3) is 1.06. The summed E-state index contributed by atoms with van der Waals surface area (Å²) in [4.78, 5) is 10.2. The predicted molar refractivity (Wildman–Crippen MR) is 28.3 cm³/mol. The number of allylic oxidation sites excluding steroid dienone is 4. The van der Waals surface area contributed by atoms with Crippen molar-refractivity contribution < 1.29 is 22.4 Å². The fraction of sp³-hybridized carbons (Fsp3) is 0.167. The van der Waals surface area contributed by atoms with Gasteiger partial charge in [-0.05, 0) is 12.2 Å². The van der Waals surface area contributed by atoms with Crippen molar-refractivity contribution in [3.8, 4) is 0 Å². The zero-order valence-electron chi connectivity index (χ0n) is 5.07. The van der Waals surface area contributed by atoms with Gasteiger partial charge < -0.3 is 0 Å². The highest BCUT2D eigenvalue weighted by Gasteiger charge is 2.46. The highest BCUT2D eigenvalue weighted by molar-refractivity contribution is 5.99. The summed E-state index contributed by atoms with van der Waals surface area (Å²) in [5.41, 5.74) is 0. The Morgan fingerprint density at radius 3 is 2.18 bits per heavy atom. The lowest BCUT2D eigenvalue weighted by Gasteiger charge is -2.13. The molecule has 0 bridgehead atoms. The molecule has 0 aromatic rings. The Balaban J connectivity index is 3.17. The number of hydrogen-bond acceptors (Lipinski definition) is 1. The maximum absolute atomic E-state index is 12.2. The average molecular weight is 166 g/mol. The van der Waals surface area contributed by atoms with Crippen molar-refractivity contribution >= 4 is 5.78 Å². The number of hydrogen-bond donors (Lipinski definition) is 0. The van der Waals surface area contributed by atoms with Crippen LogP contribution in [0.5, 0.6) is 0 Å². The van der Waals surface area contributed by atoms with Gasteiger partial charge in [0.1, 0.15) is 0 Å². The van der Waals surface area contributed by atoms with E-state index >= 15 is 0 Å². The molecule has 1 aliphatic carbocycles. The summed E-state index contributed by atoms with van der Waals surface area (Å²) in [5, 5.41) is 0. The van der Waals surface area contributed by atoms with E-state index in [2.05, 4.69) is 0 Å². The molecule has 0 aromatic carbocycles. The fourth-order valence-electron chi connectivity index (χ4n) is 0.585. The maximum Gasteiger partial charge on any atom is 0.362 e. The number of ketones is 1. The number of rotatable bonds is 0. The molecule has 0 amide bonds. The quantitative estimate of drug-likeness (QED) is 0.502. The molecule has 0 radical (unpaired) electrons. The third-order valence-electron chi connectivity index (χ3n) is 1.18. The van der Waals surface area contributed by atoms with Gasteiger partial charge in [-0.2, -0.15) is 8.78 Å². The van der Waals surface area contributed by atoms with Gasteiger partial charge in [0.25, 0.3) is 0 Å². The van der Waals surface area contributed by atoms with Crippen LogP contribution in [0.1, 0.15) is 0 Å². The highest BCUT2D eigenvalue weighted by Crippen LogP contribution is 2.33. The van der Waals surface area contributed by atoms with Crippen molar-refractivity contribution in [3.63, 3.8) is 0 Å². The minimum Gasteiger partial charge on any atom is -0.288 e. The van der Waals surface area contributed by atoms with Crippen LogP contribution < -0.4 is 0 Å². The summed E-state index contributed by atoms with van der Waals surface area (Å²) in [6.45, 7) is 0. The lowest BCUT2D eigenvalue weighted by molar-refractivity contribution is -0.135. The zero-order valence-corrected chi connectivity index (χ0v) is 5.07. The van der Waals surface area contributed by atoms with Crippen LogP contribution in [-0.4, -0.2) is 11.7 Å². The smallest absolute Gasteiger partial charge is 0.288 e. The van der Waals surface area contributed by atoms with Crippen molar-refractivity contribution in [2.45, 2.75) is 5.92 Å². The Morgan fingerprint density at radius 1 is 1.18 bits per heavy atom. The molecule has 60 valence electrons. The van der Waals surface area contributed by atoms with Crippen LogP contribution >= 0.6 is 0 Å².